The highest BCUT2D eigenvalue weighted by Crippen LogP contribution is 2.38. The number of hydrogen-bond donors (Lipinski definition) is 1. The number of ketones is 1. The van der Waals surface area contributed by atoms with Gasteiger partial charge in [-0.05, 0) is 45.1 Å². The van der Waals surface area contributed by atoms with Gasteiger partial charge in [-0.1, -0.05) is 26.7 Å². The van der Waals surface area contributed by atoms with Crippen LogP contribution in [0, 0.1) is 19.8 Å². The van der Waals surface area contributed by atoms with Crippen LogP contribution in [0.4, 0.5) is 4.79 Å². The van der Waals surface area contributed by atoms with Crippen molar-refractivity contribution in [2.45, 2.75) is 71.9 Å². The number of urea groups is 1. The molecular formula is C20H29N3O3. The number of nitrogens with zero attached hydrogens (tertiary/aromatic N) is 2. The second-order valence-electron chi connectivity index (χ2n) is 7.80. The molecule has 3 rings (SSSR count). The molecule has 1 N–H and O–H groups in total. The highest BCUT2D eigenvalue weighted by molar-refractivity contribution is 6.11. The number of hydrogen-bond acceptors (Lipinski definition) is 3. The van der Waals surface area contributed by atoms with E-state index >= 15 is 0 Å². The van der Waals surface area contributed by atoms with E-state index in [1.54, 1.807) is 0 Å². The molecule has 1 spiro atoms. The lowest BCUT2D eigenvalue weighted by Gasteiger charge is -2.36. The fraction of sp³-hybridized carbons (Fsp3) is 0.650. The molecule has 142 valence electrons. The predicted octanol–water partition coefficient (Wildman–Crippen LogP) is 3.20. The average Bonchev–Trinajstić information content (AvgIpc) is 3.01. The molecule has 0 aromatic carbocycles. The summed E-state index contributed by atoms with van der Waals surface area (Å²) < 4.78 is 2.11. The van der Waals surface area contributed by atoms with E-state index in [4.69, 9.17) is 0 Å². The van der Waals surface area contributed by atoms with E-state index in [-0.39, 0.29) is 24.2 Å². The van der Waals surface area contributed by atoms with Gasteiger partial charge in [-0.15, -0.1) is 0 Å². The van der Waals surface area contributed by atoms with E-state index in [1.165, 1.54) is 0 Å². The van der Waals surface area contributed by atoms with Crippen LogP contribution in [-0.4, -0.2) is 39.3 Å². The minimum atomic E-state index is -0.811. The number of amides is 3. The number of aromatic nitrogens is 1. The Kier molecular flexibility index (Phi) is 4.95. The maximum absolute atomic E-state index is 13.0. The van der Waals surface area contributed by atoms with E-state index in [9.17, 15) is 14.4 Å². The minimum absolute atomic E-state index is 0.0995. The van der Waals surface area contributed by atoms with Crippen LogP contribution in [0.5, 0.6) is 0 Å². The highest BCUT2D eigenvalue weighted by Gasteiger charge is 2.55. The normalized spacial score (nSPS) is 25.8. The van der Waals surface area contributed by atoms with Crippen molar-refractivity contribution in [3.05, 3.63) is 23.0 Å². The predicted molar refractivity (Wildman–Crippen MR) is 99.1 cm³/mol. The first-order valence-corrected chi connectivity index (χ1v) is 9.66. The van der Waals surface area contributed by atoms with Crippen molar-refractivity contribution in [1.82, 2.24) is 14.8 Å². The third kappa shape index (κ3) is 2.85. The first-order valence-electron chi connectivity index (χ1n) is 9.66. The van der Waals surface area contributed by atoms with Crippen LogP contribution in [0.1, 0.15) is 67.7 Å². The standard InChI is InChI=1S/C20H29N3O3/c1-5-10-22-14(3)11-16(15(22)4)17(24)12-23-18(25)20(21-19(23)26)9-7-6-8-13(20)2/h11,13H,5-10,12H2,1-4H3,(H,21,26). The van der Waals surface area contributed by atoms with Gasteiger partial charge in [-0.25, -0.2) is 4.79 Å². The second kappa shape index (κ2) is 6.89. The molecule has 1 aromatic heterocycles. The smallest absolute Gasteiger partial charge is 0.325 e. The first kappa shape index (κ1) is 18.7. The molecule has 2 fully saturated rings. The Hall–Kier alpha value is -2.11. The molecule has 1 aliphatic carbocycles. The number of rotatable bonds is 5. The van der Waals surface area contributed by atoms with Crippen LogP contribution in [-0.2, 0) is 11.3 Å². The lowest BCUT2D eigenvalue weighted by molar-refractivity contribution is -0.133. The molecular weight excluding hydrogens is 330 g/mol. The Bertz CT molecular complexity index is 752. The molecule has 1 saturated heterocycles. The van der Waals surface area contributed by atoms with Crippen molar-refractivity contribution in [3.8, 4) is 0 Å². The van der Waals surface area contributed by atoms with Gasteiger partial charge in [-0.2, -0.15) is 0 Å². The largest absolute Gasteiger partial charge is 0.348 e. The molecule has 2 unspecified atom stereocenters. The number of Topliss-reactive ketones (excluding diaryl/α,β-unsaturated/α-hetero) is 1. The van der Waals surface area contributed by atoms with E-state index in [0.29, 0.717) is 12.0 Å². The van der Waals surface area contributed by atoms with Gasteiger partial charge in [0.05, 0.1) is 6.54 Å². The van der Waals surface area contributed by atoms with E-state index < -0.39 is 11.6 Å². The fourth-order valence-corrected chi connectivity index (χ4v) is 4.52. The first-order chi connectivity index (χ1) is 12.3. The van der Waals surface area contributed by atoms with Gasteiger partial charge in [0.25, 0.3) is 5.91 Å². The van der Waals surface area contributed by atoms with E-state index in [2.05, 4.69) is 16.8 Å². The molecule has 1 aliphatic heterocycles. The molecule has 1 aromatic rings. The average molecular weight is 359 g/mol. The SMILES string of the molecule is CCCn1c(C)cc(C(=O)CN2C(=O)NC3(CCCCC3C)C2=O)c1C. The molecule has 0 radical (unpaired) electrons. The molecule has 6 heteroatoms. The van der Waals surface area contributed by atoms with Crippen LogP contribution < -0.4 is 5.32 Å². The van der Waals surface area contributed by atoms with Crippen molar-refractivity contribution in [3.63, 3.8) is 0 Å². The summed E-state index contributed by atoms with van der Waals surface area (Å²) in [6.07, 6.45) is 4.57. The Morgan fingerprint density at radius 3 is 2.69 bits per heavy atom. The number of carbonyl (C=O) groups is 3. The van der Waals surface area contributed by atoms with Gasteiger partial charge in [0.1, 0.15) is 5.54 Å². The third-order valence-electron chi connectivity index (χ3n) is 6.12. The minimum Gasteiger partial charge on any atom is -0.348 e. The second-order valence-corrected chi connectivity index (χ2v) is 7.80. The Labute approximate surface area is 154 Å². The number of aryl methyl sites for hydroxylation is 1. The van der Waals surface area contributed by atoms with Gasteiger partial charge in [0.15, 0.2) is 5.78 Å². The number of nitrogens with one attached hydrogen (secondary N) is 1. The molecule has 2 atom stereocenters. The maximum atomic E-state index is 13.0. The van der Waals surface area contributed by atoms with Gasteiger partial charge in [0.2, 0.25) is 0 Å². The Balaban J connectivity index is 1.81. The summed E-state index contributed by atoms with van der Waals surface area (Å²) >= 11 is 0. The van der Waals surface area contributed by atoms with E-state index in [0.717, 1.165) is 48.5 Å². The van der Waals surface area contributed by atoms with Crippen molar-refractivity contribution in [1.29, 1.82) is 0 Å². The molecule has 2 heterocycles. The van der Waals surface area contributed by atoms with Crippen molar-refractivity contribution in [2.75, 3.05) is 6.54 Å². The summed E-state index contributed by atoms with van der Waals surface area (Å²) in [5, 5.41) is 2.91. The van der Waals surface area contributed by atoms with E-state index in [1.807, 2.05) is 26.8 Å². The van der Waals surface area contributed by atoms with Crippen LogP contribution >= 0.6 is 0 Å². The summed E-state index contributed by atoms with van der Waals surface area (Å²) in [4.78, 5) is 39.5. The zero-order chi connectivity index (χ0) is 19.1. The summed E-state index contributed by atoms with van der Waals surface area (Å²) in [7, 11) is 0. The third-order valence-corrected chi connectivity index (χ3v) is 6.12. The summed E-state index contributed by atoms with van der Waals surface area (Å²) in [6, 6.07) is 1.43. The molecule has 26 heavy (non-hydrogen) atoms. The Morgan fingerprint density at radius 1 is 1.31 bits per heavy atom. The zero-order valence-corrected chi connectivity index (χ0v) is 16.2. The van der Waals surface area contributed by atoms with Gasteiger partial charge >= 0.3 is 6.03 Å². The summed E-state index contributed by atoms with van der Waals surface area (Å²) in [5.74, 6) is -0.308. The Morgan fingerprint density at radius 2 is 2.04 bits per heavy atom. The van der Waals surface area contributed by atoms with Crippen LogP contribution in [0.25, 0.3) is 0 Å². The summed E-state index contributed by atoms with van der Waals surface area (Å²) in [6.45, 7) is 8.68. The van der Waals surface area contributed by atoms with Crippen molar-refractivity contribution >= 4 is 17.7 Å². The van der Waals surface area contributed by atoms with Crippen LogP contribution in [0.3, 0.4) is 0 Å². The van der Waals surface area contributed by atoms with Gasteiger partial charge in [0, 0.05) is 23.5 Å². The van der Waals surface area contributed by atoms with Gasteiger partial charge in [-0.3, -0.25) is 14.5 Å². The number of carbonyl (C=O) groups excluding carboxylic acids is 3. The molecule has 1 saturated carbocycles. The monoisotopic (exact) mass is 359 g/mol. The lowest BCUT2D eigenvalue weighted by Crippen LogP contribution is -2.54. The molecule has 0 bridgehead atoms. The topological polar surface area (TPSA) is 71.4 Å². The van der Waals surface area contributed by atoms with Gasteiger partial charge < -0.3 is 9.88 Å². The fourth-order valence-electron chi connectivity index (χ4n) is 4.52. The zero-order valence-electron chi connectivity index (χ0n) is 16.2. The van der Waals surface area contributed by atoms with Crippen LogP contribution in [0.15, 0.2) is 6.07 Å². The highest BCUT2D eigenvalue weighted by atomic mass is 16.2. The molecule has 6 nitrogen and oxygen atoms in total. The quantitative estimate of drug-likeness (QED) is 0.648. The van der Waals surface area contributed by atoms with Crippen molar-refractivity contribution in [2.24, 2.45) is 5.92 Å². The molecule has 2 aliphatic rings. The molecule has 3 amide bonds. The summed E-state index contributed by atoms with van der Waals surface area (Å²) in [5.41, 5.74) is 1.73. The van der Waals surface area contributed by atoms with Crippen LogP contribution in [0.2, 0.25) is 0 Å². The maximum Gasteiger partial charge on any atom is 0.325 e. The lowest BCUT2D eigenvalue weighted by atomic mass is 9.73. The number of imide groups is 1. The van der Waals surface area contributed by atoms with Crippen molar-refractivity contribution < 1.29 is 14.4 Å².